The second-order valence-corrected chi connectivity index (χ2v) is 7.72. The van der Waals surface area contributed by atoms with Gasteiger partial charge >= 0.3 is 6.18 Å². The number of carbonyl (C=O) groups excluding carboxylic acids is 1. The standard InChI is InChI=1S/C24H19F3N4O2/c1-14-3-4-20(29-11-14)16-8-17(10-18(9-16)22-28-5-6-33-22)21(32)7-15(2)19-12-30-23(31-13-19)24(25,26)27/h3-6,8-13,15H,7H2,1-2H3/t15-/m0/s1. The lowest BCUT2D eigenvalue weighted by molar-refractivity contribution is -0.145. The van der Waals surface area contributed by atoms with Crippen molar-refractivity contribution in [1.29, 1.82) is 0 Å². The van der Waals surface area contributed by atoms with Crippen LogP contribution in [0.25, 0.3) is 22.7 Å². The first-order valence-corrected chi connectivity index (χ1v) is 10.1. The number of aromatic nitrogens is 4. The number of oxazole rings is 1. The van der Waals surface area contributed by atoms with Gasteiger partial charge < -0.3 is 4.42 Å². The Morgan fingerprint density at radius 3 is 2.33 bits per heavy atom. The van der Waals surface area contributed by atoms with E-state index in [0.717, 1.165) is 23.5 Å². The lowest BCUT2D eigenvalue weighted by Gasteiger charge is -2.13. The molecule has 0 saturated heterocycles. The van der Waals surface area contributed by atoms with Gasteiger partial charge in [0.25, 0.3) is 0 Å². The maximum Gasteiger partial charge on any atom is 0.451 e. The Labute approximate surface area is 187 Å². The highest BCUT2D eigenvalue weighted by Gasteiger charge is 2.34. The number of alkyl halides is 3. The molecule has 0 fully saturated rings. The Kier molecular flexibility index (Phi) is 6.04. The maximum atomic E-state index is 13.1. The third-order valence-corrected chi connectivity index (χ3v) is 5.13. The van der Waals surface area contributed by atoms with Gasteiger partial charge in [0.2, 0.25) is 11.7 Å². The van der Waals surface area contributed by atoms with E-state index in [2.05, 4.69) is 19.9 Å². The molecular formula is C24H19F3N4O2. The zero-order valence-corrected chi connectivity index (χ0v) is 17.8. The Morgan fingerprint density at radius 2 is 1.73 bits per heavy atom. The van der Waals surface area contributed by atoms with Crippen molar-refractivity contribution in [2.24, 2.45) is 0 Å². The van der Waals surface area contributed by atoms with E-state index >= 15 is 0 Å². The van der Waals surface area contributed by atoms with Gasteiger partial charge in [-0.25, -0.2) is 15.0 Å². The van der Waals surface area contributed by atoms with Gasteiger partial charge in [0.15, 0.2) is 5.78 Å². The van der Waals surface area contributed by atoms with Crippen LogP contribution in [0.2, 0.25) is 0 Å². The van der Waals surface area contributed by atoms with Crippen molar-refractivity contribution in [1.82, 2.24) is 19.9 Å². The molecule has 0 aliphatic rings. The van der Waals surface area contributed by atoms with Gasteiger partial charge in [-0.3, -0.25) is 9.78 Å². The summed E-state index contributed by atoms with van der Waals surface area (Å²) in [5.74, 6) is -1.42. The van der Waals surface area contributed by atoms with E-state index in [4.69, 9.17) is 4.42 Å². The number of nitrogens with zero attached hydrogens (tertiary/aromatic N) is 4. The van der Waals surface area contributed by atoms with Gasteiger partial charge in [-0.2, -0.15) is 13.2 Å². The highest BCUT2D eigenvalue weighted by atomic mass is 19.4. The molecule has 4 rings (SSSR count). The summed E-state index contributed by atoms with van der Waals surface area (Å²) in [6.07, 6.45) is 2.36. The van der Waals surface area contributed by atoms with Gasteiger partial charge in [0.1, 0.15) is 6.26 Å². The van der Waals surface area contributed by atoms with Crippen LogP contribution in [0.5, 0.6) is 0 Å². The van der Waals surface area contributed by atoms with Crippen LogP contribution in [-0.2, 0) is 6.18 Å². The number of rotatable bonds is 6. The number of halogens is 3. The summed E-state index contributed by atoms with van der Waals surface area (Å²) >= 11 is 0. The molecule has 0 radical (unpaired) electrons. The fourth-order valence-corrected chi connectivity index (χ4v) is 3.32. The SMILES string of the molecule is Cc1ccc(-c2cc(C(=O)C[C@H](C)c3cnc(C(F)(F)F)nc3)cc(-c3ncco3)c2)nc1. The van der Waals surface area contributed by atoms with E-state index in [1.54, 1.807) is 25.3 Å². The molecule has 0 bridgehead atoms. The molecule has 3 aromatic heterocycles. The molecule has 0 amide bonds. The van der Waals surface area contributed by atoms with Crippen LogP contribution in [0.1, 0.15) is 46.6 Å². The first-order chi connectivity index (χ1) is 15.7. The van der Waals surface area contributed by atoms with Crippen molar-refractivity contribution in [2.75, 3.05) is 0 Å². The number of aryl methyl sites for hydroxylation is 1. The summed E-state index contributed by atoms with van der Waals surface area (Å²) in [7, 11) is 0. The largest absolute Gasteiger partial charge is 0.451 e. The van der Waals surface area contributed by atoms with E-state index in [1.807, 2.05) is 25.1 Å². The molecule has 1 aromatic carbocycles. The smallest absolute Gasteiger partial charge is 0.445 e. The van der Waals surface area contributed by atoms with Crippen molar-refractivity contribution >= 4 is 5.78 Å². The Hall–Kier alpha value is -3.88. The van der Waals surface area contributed by atoms with Crippen LogP contribution >= 0.6 is 0 Å². The molecule has 4 aromatic rings. The Morgan fingerprint density at radius 1 is 1.00 bits per heavy atom. The van der Waals surface area contributed by atoms with Crippen molar-refractivity contribution in [3.8, 4) is 22.7 Å². The van der Waals surface area contributed by atoms with Crippen LogP contribution < -0.4 is 0 Å². The monoisotopic (exact) mass is 452 g/mol. The summed E-state index contributed by atoms with van der Waals surface area (Å²) in [4.78, 5) is 28.5. The van der Waals surface area contributed by atoms with Crippen LogP contribution in [0.4, 0.5) is 13.2 Å². The summed E-state index contributed by atoms with van der Waals surface area (Å²) < 4.78 is 43.5. The maximum absolute atomic E-state index is 13.1. The molecule has 6 nitrogen and oxygen atoms in total. The first kappa shape index (κ1) is 22.3. The average Bonchev–Trinajstić information content (AvgIpc) is 3.34. The second kappa shape index (κ2) is 8.93. The molecule has 0 N–H and O–H groups in total. The zero-order valence-electron chi connectivity index (χ0n) is 17.8. The highest BCUT2D eigenvalue weighted by molar-refractivity contribution is 5.98. The van der Waals surface area contributed by atoms with E-state index in [9.17, 15) is 18.0 Å². The highest BCUT2D eigenvalue weighted by Crippen LogP contribution is 2.30. The number of Topliss-reactive ketones (excluding diaryl/α,β-unsaturated/α-hetero) is 1. The van der Waals surface area contributed by atoms with E-state index in [1.165, 1.54) is 12.5 Å². The van der Waals surface area contributed by atoms with Crippen molar-refractivity contribution in [3.05, 3.63) is 83.9 Å². The zero-order chi connectivity index (χ0) is 23.6. The molecule has 0 spiro atoms. The van der Waals surface area contributed by atoms with E-state index in [0.29, 0.717) is 28.3 Å². The predicted octanol–water partition coefficient (Wildman–Crippen LogP) is 5.90. The Bertz CT molecular complexity index is 1250. The lowest BCUT2D eigenvalue weighted by Crippen LogP contribution is -2.12. The molecule has 0 saturated carbocycles. The molecule has 0 unspecified atom stereocenters. The topological polar surface area (TPSA) is 81.8 Å². The van der Waals surface area contributed by atoms with Crippen LogP contribution in [0.15, 0.2) is 65.8 Å². The summed E-state index contributed by atoms with van der Waals surface area (Å²) in [5, 5.41) is 0. The second-order valence-electron chi connectivity index (χ2n) is 7.72. The fraction of sp³-hybridized carbons (Fsp3) is 0.208. The molecular weight excluding hydrogens is 433 g/mol. The molecule has 3 heterocycles. The molecule has 0 aliphatic carbocycles. The number of ketones is 1. The number of benzene rings is 1. The molecule has 168 valence electrons. The minimum absolute atomic E-state index is 0.0600. The van der Waals surface area contributed by atoms with Gasteiger partial charge in [-0.15, -0.1) is 0 Å². The Balaban J connectivity index is 1.63. The van der Waals surface area contributed by atoms with E-state index in [-0.39, 0.29) is 18.1 Å². The van der Waals surface area contributed by atoms with Gasteiger partial charge in [0, 0.05) is 41.7 Å². The van der Waals surface area contributed by atoms with Crippen molar-refractivity contribution in [2.45, 2.75) is 32.4 Å². The van der Waals surface area contributed by atoms with E-state index < -0.39 is 12.0 Å². The van der Waals surface area contributed by atoms with Gasteiger partial charge in [-0.1, -0.05) is 13.0 Å². The first-order valence-electron chi connectivity index (χ1n) is 10.1. The fourth-order valence-electron chi connectivity index (χ4n) is 3.32. The molecule has 9 heteroatoms. The summed E-state index contributed by atoms with van der Waals surface area (Å²) in [6.45, 7) is 3.67. The quantitative estimate of drug-likeness (QED) is 0.339. The van der Waals surface area contributed by atoms with Crippen LogP contribution in [-0.4, -0.2) is 25.7 Å². The number of carbonyl (C=O) groups is 1. The summed E-state index contributed by atoms with van der Waals surface area (Å²) in [5.41, 5.74) is 3.90. The molecule has 1 atom stereocenters. The average molecular weight is 452 g/mol. The van der Waals surface area contributed by atoms with Crippen molar-refractivity contribution < 1.29 is 22.4 Å². The van der Waals surface area contributed by atoms with Crippen LogP contribution in [0, 0.1) is 6.92 Å². The van der Waals surface area contributed by atoms with Crippen LogP contribution in [0.3, 0.4) is 0 Å². The normalized spacial score (nSPS) is 12.5. The predicted molar refractivity (Wildman–Crippen MR) is 114 cm³/mol. The summed E-state index contributed by atoms with van der Waals surface area (Å²) in [6, 6.07) is 9.05. The number of hydrogen-bond acceptors (Lipinski definition) is 6. The third kappa shape index (κ3) is 5.14. The third-order valence-electron chi connectivity index (χ3n) is 5.13. The number of pyridine rings is 1. The minimum atomic E-state index is -4.61. The van der Waals surface area contributed by atoms with Gasteiger partial charge in [0.05, 0.1) is 11.9 Å². The molecule has 33 heavy (non-hydrogen) atoms. The van der Waals surface area contributed by atoms with Crippen molar-refractivity contribution in [3.63, 3.8) is 0 Å². The lowest BCUT2D eigenvalue weighted by atomic mass is 9.93. The number of hydrogen-bond donors (Lipinski definition) is 0. The molecule has 0 aliphatic heterocycles. The minimum Gasteiger partial charge on any atom is -0.445 e. The van der Waals surface area contributed by atoms with Gasteiger partial charge in [-0.05, 0) is 48.2 Å².